The molecular weight excluding hydrogens is 162 g/mol. The Morgan fingerprint density at radius 2 is 1.92 bits per heavy atom. The summed E-state index contributed by atoms with van der Waals surface area (Å²) in [5.74, 6) is 0.990. The predicted molar refractivity (Wildman–Crippen MR) is 56.5 cm³/mol. The fraction of sp³-hybridized carbons (Fsp3) is 0.909. The Morgan fingerprint density at radius 3 is 2.31 bits per heavy atom. The van der Waals surface area contributed by atoms with Crippen molar-refractivity contribution < 1.29 is 4.79 Å². The van der Waals surface area contributed by atoms with Gasteiger partial charge in [0.1, 0.15) is 5.78 Å². The zero-order chi connectivity index (χ0) is 10.5. The molecule has 0 amide bonds. The van der Waals surface area contributed by atoms with Gasteiger partial charge >= 0.3 is 0 Å². The summed E-state index contributed by atoms with van der Waals surface area (Å²) in [5.41, 5.74) is 5.20. The molecule has 2 nitrogen and oxygen atoms in total. The Morgan fingerprint density at radius 1 is 1.38 bits per heavy atom. The van der Waals surface area contributed by atoms with Gasteiger partial charge in [-0.05, 0) is 12.3 Å². The Balaban J connectivity index is 3.75. The van der Waals surface area contributed by atoms with E-state index in [0.717, 1.165) is 12.8 Å². The van der Waals surface area contributed by atoms with E-state index in [4.69, 9.17) is 5.73 Å². The molecule has 0 saturated carbocycles. The minimum absolute atomic E-state index is 0.302. The van der Waals surface area contributed by atoms with Crippen molar-refractivity contribution >= 4 is 5.78 Å². The van der Waals surface area contributed by atoms with Gasteiger partial charge in [-0.3, -0.25) is 4.79 Å². The Hall–Kier alpha value is -0.370. The fourth-order valence-corrected chi connectivity index (χ4v) is 1.12. The van der Waals surface area contributed by atoms with Crippen molar-refractivity contribution in [1.29, 1.82) is 0 Å². The first-order chi connectivity index (χ1) is 5.90. The number of rotatable bonds is 6. The summed E-state index contributed by atoms with van der Waals surface area (Å²) in [6, 6.07) is 0. The predicted octanol–water partition coefficient (Wildman–Crippen LogP) is 2.37. The highest BCUT2D eigenvalue weighted by molar-refractivity contribution is 5.84. The molecule has 0 aliphatic heterocycles. The van der Waals surface area contributed by atoms with Crippen LogP contribution in [0.25, 0.3) is 0 Å². The number of hydrogen-bond donors (Lipinski definition) is 1. The van der Waals surface area contributed by atoms with Crippen LogP contribution in [-0.2, 0) is 4.79 Å². The molecule has 0 aromatic carbocycles. The van der Waals surface area contributed by atoms with Crippen LogP contribution in [0.4, 0.5) is 0 Å². The number of Topliss-reactive ketones (excluding diaryl/α,β-unsaturated/α-hetero) is 1. The average Bonchev–Trinajstić information content (AvgIpc) is 2.03. The monoisotopic (exact) mass is 185 g/mol. The molecule has 0 atom stereocenters. The maximum atomic E-state index is 11.6. The molecule has 0 saturated heterocycles. The van der Waals surface area contributed by atoms with Crippen LogP contribution in [0.5, 0.6) is 0 Å². The van der Waals surface area contributed by atoms with E-state index in [1.807, 2.05) is 13.8 Å². The van der Waals surface area contributed by atoms with Crippen LogP contribution in [0.3, 0.4) is 0 Å². The van der Waals surface area contributed by atoms with E-state index >= 15 is 0 Å². The van der Waals surface area contributed by atoms with Crippen molar-refractivity contribution in [3.63, 3.8) is 0 Å². The van der Waals surface area contributed by atoms with Crippen molar-refractivity contribution in [1.82, 2.24) is 0 Å². The number of nitrogens with two attached hydrogens (primary N) is 1. The summed E-state index contributed by atoms with van der Waals surface area (Å²) < 4.78 is 0. The zero-order valence-corrected chi connectivity index (χ0v) is 9.39. The molecule has 0 aromatic heterocycles. The largest absolute Gasteiger partial charge is 0.329 e. The third-order valence-corrected chi connectivity index (χ3v) is 2.45. The second kappa shape index (κ2) is 5.38. The molecule has 0 spiro atoms. The van der Waals surface area contributed by atoms with Crippen molar-refractivity contribution in [2.75, 3.05) is 6.54 Å². The summed E-state index contributed by atoms with van der Waals surface area (Å²) >= 11 is 0. The lowest BCUT2D eigenvalue weighted by Gasteiger charge is -2.20. The minimum atomic E-state index is -0.322. The van der Waals surface area contributed by atoms with Gasteiger partial charge in [0.2, 0.25) is 0 Å². The van der Waals surface area contributed by atoms with E-state index in [0.29, 0.717) is 24.7 Å². The molecule has 0 aromatic rings. The molecule has 0 heterocycles. The third-order valence-electron chi connectivity index (χ3n) is 2.45. The first kappa shape index (κ1) is 12.6. The Labute approximate surface area is 81.9 Å². The van der Waals surface area contributed by atoms with Gasteiger partial charge in [0.05, 0.1) is 0 Å². The van der Waals surface area contributed by atoms with E-state index < -0.39 is 0 Å². The molecule has 0 unspecified atom stereocenters. The second-order valence-electron chi connectivity index (χ2n) is 4.80. The highest BCUT2D eigenvalue weighted by atomic mass is 16.1. The lowest BCUT2D eigenvalue weighted by Crippen LogP contribution is -2.32. The second-order valence-corrected chi connectivity index (χ2v) is 4.80. The molecule has 0 rings (SSSR count). The molecule has 0 radical (unpaired) electrons. The molecule has 2 N–H and O–H groups in total. The maximum absolute atomic E-state index is 11.6. The summed E-state index contributed by atoms with van der Waals surface area (Å²) in [4.78, 5) is 11.6. The standard InChI is InChI=1S/C11H23NO/c1-9(2)6-5-7-10(13)11(3,4)8-12/h9H,5-8,12H2,1-4H3. The van der Waals surface area contributed by atoms with Crippen molar-refractivity contribution in [3.8, 4) is 0 Å². The number of hydrogen-bond acceptors (Lipinski definition) is 2. The van der Waals surface area contributed by atoms with E-state index in [2.05, 4.69) is 13.8 Å². The molecule has 13 heavy (non-hydrogen) atoms. The summed E-state index contributed by atoms with van der Waals surface area (Å²) in [5, 5.41) is 0. The molecule has 0 bridgehead atoms. The van der Waals surface area contributed by atoms with Crippen molar-refractivity contribution in [3.05, 3.63) is 0 Å². The quantitative estimate of drug-likeness (QED) is 0.690. The Kier molecular flexibility index (Phi) is 5.23. The molecule has 0 fully saturated rings. The fourth-order valence-electron chi connectivity index (χ4n) is 1.12. The van der Waals surface area contributed by atoms with Gasteiger partial charge in [-0.2, -0.15) is 0 Å². The normalized spacial score (nSPS) is 12.2. The van der Waals surface area contributed by atoms with Crippen LogP contribution in [0.2, 0.25) is 0 Å². The Bertz CT molecular complexity index is 161. The van der Waals surface area contributed by atoms with Crippen LogP contribution in [0.1, 0.15) is 47.0 Å². The lowest BCUT2D eigenvalue weighted by atomic mass is 9.85. The average molecular weight is 185 g/mol. The molecule has 0 aliphatic carbocycles. The van der Waals surface area contributed by atoms with E-state index in [1.54, 1.807) is 0 Å². The summed E-state index contributed by atoms with van der Waals surface area (Å²) in [7, 11) is 0. The first-order valence-electron chi connectivity index (χ1n) is 5.13. The molecular formula is C11H23NO. The van der Waals surface area contributed by atoms with Gasteiger partial charge in [0.25, 0.3) is 0 Å². The van der Waals surface area contributed by atoms with Gasteiger partial charge in [0, 0.05) is 18.4 Å². The molecule has 0 aliphatic rings. The lowest BCUT2D eigenvalue weighted by molar-refractivity contribution is -0.126. The van der Waals surface area contributed by atoms with Crippen LogP contribution in [0.15, 0.2) is 0 Å². The minimum Gasteiger partial charge on any atom is -0.329 e. The van der Waals surface area contributed by atoms with Crippen LogP contribution in [0, 0.1) is 11.3 Å². The highest BCUT2D eigenvalue weighted by Gasteiger charge is 2.24. The summed E-state index contributed by atoms with van der Waals surface area (Å²) in [6.45, 7) is 8.65. The van der Waals surface area contributed by atoms with Gasteiger partial charge in [-0.1, -0.05) is 34.1 Å². The molecule has 78 valence electrons. The third kappa shape index (κ3) is 5.04. The topological polar surface area (TPSA) is 43.1 Å². The number of carbonyl (C=O) groups is 1. The zero-order valence-electron chi connectivity index (χ0n) is 9.39. The first-order valence-corrected chi connectivity index (χ1v) is 5.13. The maximum Gasteiger partial charge on any atom is 0.139 e. The van der Waals surface area contributed by atoms with Crippen LogP contribution >= 0.6 is 0 Å². The smallest absolute Gasteiger partial charge is 0.139 e. The SMILES string of the molecule is CC(C)CCCC(=O)C(C)(C)CN. The molecule has 2 heteroatoms. The van der Waals surface area contributed by atoms with Crippen LogP contribution in [-0.4, -0.2) is 12.3 Å². The van der Waals surface area contributed by atoms with E-state index in [-0.39, 0.29) is 5.41 Å². The van der Waals surface area contributed by atoms with Crippen molar-refractivity contribution in [2.24, 2.45) is 17.1 Å². The van der Waals surface area contributed by atoms with Crippen LogP contribution < -0.4 is 5.73 Å². The summed E-state index contributed by atoms with van der Waals surface area (Å²) in [6.07, 6.45) is 2.81. The van der Waals surface area contributed by atoms with Gasteiger partial charge in [0.15, 0.2) is 0 Å². The van der Waals surface area contributed by atoms with E-state index in [9.17, 15) is 4.79 Å². The van der Waals surface area contributed by atoms with Crippen molar-refractivity contribution in [2.45, 2.75) is 47.0 Å². The van der Waals surface area contributed by atoms with Gasteiger partial charge in [-0.25, -0.2) is 0 Å². The van der Waals surface area contributed by atoms with Gasteiger partial charge < -0.3 is 5.73 Å². The number of carbonyl (C=O) groups excluding carboxylic acids is 1. The highest BCUT2D eigenvalue weighted by Crippen LogP contribution is 2.18. The number of ketones is 1. The van der Waals surface area contributed by atoms with Gasteiger partial charge in [-0.15, -0.1) is 0 Å². The van der Waals surface area contributed by atoms with E-state index in [1.165, 1.54) is 0 Å².